The highest BCUT2D eigenvalue weighted by atomic mass is 16.6. The van der Waals surface area contributed by atoms with Gasteiger partial charge in [0.2, 0.25) is 0 Å². The summed E-state index contributed by atoms with van der Waals surface area (Å²) in [5, 5.41) is 25.2. The SMILES string of the molecule is Cc1ccc(OCC(O)Cn2cnc(-c3ccc([N+](=O)[O-])cc3)n2)c(C)c1. The fraction of sp³-hybridized carbons (Fsp3) is 0.263. The van der Waals surface area contributed by atoms with E-state index in [0.29, 0.717) is 11.4 Å². The average molecular weight is 368 g/mol. The van der Waals surface area contributed by atoms with Crippen LogP contribution in [0.5, 0.6) is 5.75 Å². The van der Waals surface area contributed by atoms with Crippen molar-refractivity contribution in [2.24, 2.45) is 0 Å². The number of non-ortho nitro benzene ring substituents is 1. The van der Waals surface area contributed by atoms with Crippen LogP contribution >= 0.6 is 0 Å². The van der Waals surface area contributed by atoms with Crippen LogP contribution in [0.2, 0.25) is 0 Å². The number of aryl methyl sites for hydroxylation is 2. The van der Waals surface area contributed by atoms with E-state index >= 15 is 0 Å². The van der Waals surface area contributed by atoms with Gasteiger partial charge in [-0.1, -0.05) is 17.7 Å². The zero-order valence-electron chi connectivity index (χ0n) is 15.1. The Morgan fingerprint density at radius 2 is 1.96 bits per heavy atom. The molecule has 0 saturated heterocycles. The zero-order valence-corrected chi connectivity index (χ0v) is 15.1. The van der Waals surface area contributed by atoms with Crippen molar-refractivity contribution in [2.75, 3.05) is 6.61 Å². The number of nitro benzene ring substituents is 1. The second-order valence-corrected chi connectivity index (χ2v) is 6.33. The number of rotatable bonds is 7. The normalized spacial score (nSPS) is 12.0. The molecule has 0 spiro atoms. The van der Waals surface area contributed by atoms with Gasteiger partial charge in [-0.05, 0) is 37.6 Å². The first kappa shape index (κ1) is 18.5. The lowest BCUT2D eigenvalue weighted by Gasteiger charge is -2.14. The topological polar surface area (TPSA) is 103 Å². The highest BCUT2D eigenvalue weighted by Gasteiger charge is 2.12. The van der Waals surface area contributed by atoms with Crippen molar-refractivity contribution in [3.63, 3.8) is 0 Å². The van der Waals surface area contributed by atoms with Crippen LogP contribution in [0, 0.1) is 24.0 Å². The molecule has 8 nitrogen and oxygen atoms in total. The lowest BCUT2D eigenvalue weighted by atomic mass is 10.1. The fourth-order valence-electron chi connectivity index (χ4n) is 2.66. The summed E-state index contributed by atoms with van der Waals surface area (Å²) in [5.74, 6) is 1.18. The molecule has 0 fully saturated rings. The van der Waals surface area contributed by atoms with Crippen molar-refractivity contribution in [3.8, 4) is 17.1 Å². The van der Waals surface area contributed by atoms with E-state index in [1.165, 1.54) is 23.1 Å². The summed E-state index contributed by atoms with van der Waals surface area (Å²) in [6.07, 6.45) is 0.758. The van der Waals surface area contributed by atoms with Gasteiger partial charge in [0.05, 0.1) is 11.5 Å². The van der Waals surface area contributed by atoms with Crippen LogP contribution in [0.3, 0.4) is 0 Å². The predicted octanol–water partition coefficient (Wildman–Crippen LogP) is 2.91. The highest BCUT2D eigenvalue weighted by molar-refractivity contribution is 5.56. The van der Waals surface area contributed by atoms with Crippen molar-refractivity contribution in [3.05, 3.63) is 70.0 Å². The molecule has 1 unspecified atom stereocenters. The van der Waals surface area contributed by atoms with E-state index < -0.39 is 11.0 Å². The smallest absolute Gasteiger partial charge is 0.269 e. The van der Waals surface area contributed by atoms with Crippen LogP contribution in [0.25, 0.3) is 11.4 Å². The maximum atomic E-state index is 10.7. The average Bonchev–Trinajstić information content (AvgIpc) is 3.09. The minimum atomic E-state index is -0.753. The van der Waals surface area contributed by atoms with Gasteiger partial charge in [-0.15, -0.1) is 0 Å². The molecule has 0 saturated carbocycles. The van der Waals surface area contributed by atoms with Crippen molar-refractivity contribution < 1.29 is 14.8 Å². The Bertz CT molecular complexity index is 937. The van der Waals surface area contributed by atoms with E-state index in [2.05, 4.69) is 10.1 Å². The molecule has 0 aliphatic heterocycles. The van der Waals surface area contributed by atoms with Gasteiger partial charge in [0, 0.05) is 17.7 Å². The largest absolute Gasteiger partial charge is 0.491 e. The Labute approximate surface area is 156 Å². The van der Waals surface area contributed by atoms with E-state index in [1.807, 2.05) is 32.0 Å². The summed E-state index contributed by atoms with van der Waals surface area (Å²) >= 11 is 0. The van der Waals surface area contributed by atoms with E-state index in [4.69, 9.17) is 4.74 Å². The number of ether oxygens (including phenoxy) is 1. The fourth-order valence-corrected chi connectivity index (χ4v) is 2.66. The van der Waals surface area contributed by atoms with Gasteiger partial charge >= 0.3 is 0 Å². The Morgan fingerprint density at radius 1 is 1.22 bits per heavy atom. The first-order valence-corrected chi connectivity index (χ1v) is 8.45. The molecule has 140 valence electrons. The molecule has 0 radical (unpaired) electrons. The molecule has 2 aromatic carbocycles. The molecule has 1 heterocycles. The number of hydrogen-bond donors (Lipinski definition) is 1. The lowest BCUT2D eigenvalue weighted by Crippen LogP contribution is -2.24. The van der Waals surface area contributed by atoms with Crippen LogP contribution in [0.4, 0.5) is 5.69 Å². The zero-order chi connectivity index (χ0) is 19.4. The maximum Gasteiger partial charge on any atom is 0.269 e. The number of nitrogens with zero attached hydrogens (tertiary/aromatic N) is 4. The van der Waals surface area contributed by atoms with Crippen molar-refractivity contribution in [1.82, 2.24) is 14.8 Å². The Balaban J connectivity index is 1.59. The molecule has 8 heteroatoms. The van der Waals surface area contributed by atoms with Crippen molar-refractivity contribution >= 4 is 5.69 Å². The number of hydrogen-bond acceptors (Lipinski definition) is 6. The minimum absolute atomic E-state index is 0.0113. The van der Waals surface area contributed by atoms with Gasteiger partial charge in [0.25, 0.3) is 5.69 Å². The van der Waals surface area contributed by atoms with Crippen LogP contribution in [-0.2, 0) is 6.54 Å². The van der Waals surface area contributed by atoms with Gasteiger partial charge < -0.3 is 9.84 Å². The first-order valence-electron chi connectivity index (χ1n) is 8.45. The number of aromatic nitrogens is 3. The monoisotopic (exact) mass is 368 g/mol. The van der Waals surface area contributed by atoms with Gasteiger partial charge in [-0.3, -0.25) is 10.1 Å². The standard InChI is InChI=1S/C19H20N4O4/c1-13-3-8-18(14(2)9-13)27-11-17(24)10-22-12-20-19(21-22)15-4-6-16(7-5-15)23(25)26/h3-9,12,17,24H,10-11H2,1-2H3. The molecule has 3 rings (SSSR count). The highest BCUT2D eigenvalue weighted by Crippen LogP contribution is 2.20. The molecule has 1 atom stereocenters. The van der Waals surface area contributed by atoms with E-state index in [9.17, 15) is 15.2 Å². The Morgan fingerprint density at radius 3 is 2.63 bits per heavy atom. The molecular weight excluding hydrogens is 348 g/mol. The third-order valence-corrected chi connectivity index (χ3v) is 4.03. The molecule has 0 aliphatic rings. The lowest BCUT2D eigenvalue weighted by molar-refractivity contribution is -0.384. The van der Waals surface area contributed by atoms with Crippen LogP contribution in [0.1, 0.15) is 11.1 Å². The summed E-state index contributed by atoms with van der Waals surface area (Å²) in [7, 11) is 0. The van der Waals surface area contributed by atoms with Gasteiger partial charge in [-0.25, -0.2) is 9.67 Å². The van der Waals surface area contributed by atoms with Gasteiger partial charge in [0.1, 0.15) is 24.8 Å². The summed E-state index contributed by atoms with van der Waals surface area (Å²) in [4.78, 5) is 14.4. The third-order valence-electron chi connectivity index (χ3n) is 4.03. The molecule has 0 bridgehead atoms. The third kappa shape index (κ3) is 4.68. The van der Waals surface area contributed by atoms with Crippen LogP contribution in [-0.4, -0.2) is 37.5 Å². The minimum Gasteiger partial charge on any atom is -0.491 e. The molecule has 1 N–H and O–H groups in total. The number of aliphatic hydroxyl groups is 1. The number of benzene rings is 2. The Hall–Kier alpha value is -3.26. The quantitative estimate of drug-likeness (QED) is 0.508. The summed E-state index contributed by atoms with van der Waals surface area (Å²) < 4.78 is 7.20. The summed E-state index contributed by atoms with van der Waals surface area (Å²) in [6, 6.07) is 11.9. The number of nitro groups is 1. The maximum absolute atomic E-state index is 10.7. The molecule has 1 aromatic heterocycles. The molecule has 0 aliphatic carbocycles. The predicted molar refractivity (Wildman–Crippen MR) is 99.5 cm³/mol. The second-order valence-electron chi connectivity index (χ2n) is 6.33. The van der Waals surface area contributed by atoms with Crippen molar-refractivity contribution in [2.45, 2.75) is 26.5 Å². The van der Waals surface area contributed by atoms with Gasteiger partial charge in [0.15, 0.2) is 5.82 Å². The molecule has 27 heavy (non-hydrogen) atoms. The molecular formula is C19H20N4O4. The molecule has 3 aromatic rings. The van der Waals surface area contributed by atoms with Crippen LogP contribution in [0.15, 0.2) is 48.8 Å². The van der Waals surface area contributed by atoms with Gasteiger partial charge in [-0.2, -0.15) is 5.10 Å². The van der Waals surface area contributed by atoms with E-state index in [-0.39, 0.29) is 18.8 Å². The number of aliphatic hydroxyl groups excluding tert-OH is 1. The summed E-state index contributed by atoms with van der Waals surface area (Å²) in [6.45, 7) is 4.34. The Kier molecular flexibility index (Phi) is 5.46. The van der Waals surface area contributed by atoms with Crippen LogP contribution < -0.4 is 4.74 Å². The second kappa shape index (κ2) is 7.96. The molecule has 0 amide bonds. The van der Waals surface area contributed by atoms with Crippen molar-refractivity contribution in [1.29, 1.82) is 0 Å². The first-order chi connectivity index (χ1) is 12.9. The van der Waals surface area contributed by atoms with E-state index in [0.717, 1.165) is 16.9 Å². The van der Waals surface area contributed by atoms with E-state index in [1.54, 1.807) is 12.1 Å². The summed E-state index contributed by atoms with van der Waals surface area (Å²) in [5.41, 5.74) is 2.85.